The number of rotatable bonds is 4. The van der Waals surface area contributed by atoms with Crippen molar-refractivity contribution in [2.24, 2.45) is 0 Å². The Morgan fingerprint density at radius 3 is 2.41 bits per heavy atom. The van der Waals surface area contributed by atoms with E-state index in [2.05, 4.69) is 4.74 Å². The van der Waals surface area contributed by atoms with Gasteiger partial charge in [-0.2, -0.15) is 13.2 Å². The average Bonchev–Trinajstić information content (AvgIpc) is 2.24. The van der Waals surface area contributed by atoms with Gasteiger partial charge in [-0.05, 0) is 18.4 Å². The molecule has 0 atom stereocenters. The molecule has 96 valence electrons. The first kappa shape index (κ1) is 14.1. The zero-order chi connectivity index (χ0) is 13.1. The van der Waals surface area contributed by atoms with E-state index in [-0.39, 0.29) is 10.6 Å². The van der Waals surface area contributed by atoms with Crippen LogP contribution in [-0.4, -0.2) is 19.3 Å². The van der Waals surface area contributed by atoms with Crippen LogP contribution in [0.1, 0.15) is 5.56 Å². The summed E-state index contributed by atoms with van der Waals surface area (Å²) in [5.41, 5.74) is -0.878. The largest absolute Gasteiger partial charge is 0.486 e. The van der Waals surface area contributed by atoms with E-state index in [0.717, 1.165) is 23.9 Å². The zero-order valence-corrected chi connectivity index (χ0v) is 9.54. The SMILES string of the molecule is CSc1c(OCC(F)F)cccc1C(F)(F)F. The molecule has 0 spiro atoms. The van der Waals surface area contributed by atoms with E-state index in [1.54, 1.807) is 0 Å². The molecule has 0 aliphatic carbocycles. The molecule has 0 amide bonds. The Morgan fingerprint density at radius 1 is 1.29 bits per heavy atom. The number of hydrogen-bond donors (Lipinski definition) is 0. The van der Waals surface area contributed by atoms with Gasteiger partial charge in [0.1, 0.15) is 12.4 Å². The highest BCUT2D eigenvalue weighted by atomic mass is 32.2. The summed E-state index contributed by atoms with van der Waals surface area (Å²) in [6.45, 7) is -0.922. The smallest absolute Gasteiger partial charge is 0.417 e. The van der Waals surface area contributed by atoms with Gasteiger partial charge in [-0.25, -0.2) is 8.78 Å². The Balaban J connectivity index is 3.06. The molecule has 0 saturated heterocycles. The maximum absolute atomic E-state index is 12.6. The van der Waals surface area contributed by atoms with Crippen molar-refractivity contribution in [3.05, 3.63) is 23.8 Å². The van der Waals surface area contributed by atoms with E-state index >= 15 is 0 Å². The van der Waals surface area contributed by atoms with Crippen LogP contribution in [0.25, 0.3) is 0 Å². The minimum atomic E-state index is -4.53. The summed E-state index contributed by atoms with van der Waals surface area (Å²) in [4.78, 5) is -0.180. The fourth-order valence-corrected chi connectivity index (χ4v) is 1.95. The standard InChI is InChI=1S/C10H9F5OS/c1-17-9-6(10(13,14)15)3-2-4-7(9)16-5-8(11)12/h2-4,8H,5H2,1H3. The van der Waals surface area contributed by atoms with Gasteiger partial charge in [-0.1, -0.05) is 6.07 Å². The van der Waals surface area contributed by atoms with Gasteiger partial charge in [-0.15, -0.1) is 11.8 Å². The molecule has 0 aliphatic heterocycles. The van der Waals surface area contributed by atoms with Gasteiger partial charge in [0.25, 0.3) is 6.43 Å². The minimum absolute atomic E-state index is 0.173. The topological polar surface area (TPSA) is 9.23 Å². The third-order valence-corrected chi connectivity index (χ3v) is 2.68. The van der Waals surface area contributed by atoms with E-state index in [9.17, 15) is 22.0 Å². The van der Waals surface area contributed by atoms with Crippen LogP contribution in [0.5, 0.6) is 5.75 Å². The van der Waals surface area contributed by atoms with Crippen LogP contribution in [0.4, 0.5) is 22.0 Å². The third kappa shape index (κ3) is 3.76. The molecule has 0 saturated carbocycles. The van der Waals surface area contributed by atoms with Gasteiger partial charge >= 0.3 is 6.18 Å². The lowest BCUT2D eigenvalue weighted by Crippen LogP contribution is -2.11. The summed E-state index contributed by atoms with van der Waals surface area (Å²) in [5.74, 6) is -0.173. The Labute approximate surface area is 99.0 Å². The predicted molar refractivity (Wildman–Crippen MR) is 54.7 cm³/mol. The first-order valence-corrected chi connectivity index (χ1v) is 5.74. The average molecular weight is 272 g/mol. The Hall–Kier alpha value is -0.980. The van der Waals surface area contributed by atoms with Gasteiger partial charge in [0.05, 0.1) is 10.5 Å². The minimum Gasteiger partial charge on any atom is -0.486 e. The van der Waals surface area contributed by atoms with Crippen LogP contribution in [0, 0.1) is 0 Å². The summed E-state index contributed by atoms with van der Waals surface area (Å²) in [5, 5.41) is 0. The van der Waals surface area contributed by atoms with Crippen molar-refractivity contribution >= 4 is 11.8 Å². The monoisotopic (exact) mass is 272 g/mol. The van der Waals surface area contributed by atoms with Gasteiger partial charge in [0, 0.05) is 0 Å². The molecule has 0 aromatic heterocycles. The van der Waals surface area contributed by atoms with Gasteiger partial charge in [-0.3, -0.25) is 0 Å². The number of thioether (sulfide) groups is 1. The Kier molecular flexibility index (Phi) is 4.62. The lowest BCUT2D eigenvalue weighted by molar-refractivity contribution is -0.139. The maximum Gasteiger partial charge on any atom is 0.417 e. The predicted octanol–water partition coefficient (Wildman–Crippen LogP) is 4.07. The van der Waals surface area contributed by atoms with Gasteiger partial charge < -0.3 is 4.74 Å². The van der Waals surface area contributed by atoms with Crippen molar-refractivity contribution in [2.75, 3.05) is 12.9 Å². The molecule has 1 nitrogen and oxygen atoms in total. The summed E-state index contributed by atoms with van der Waals surface area (Å²) in [6, 6.07) is 3.26. The van der Waals surface area contributed by atoms with Crippen molar-refractivity contribution in [3.63, 3.8) is 0 Å². The molecular weight excluding hydrogens is 263 g/mol. The van der Waals surface area contributed by atoms with Crippen molar-refractivity contribution in [2.45, 2.75) is 17.5 Å². The van der Waals surface area contributed by atoms with Crippen LogP contribution in [-0.2, 0) is 6.18 Å². The lowest BCUT2D eigenvalue weighted by atomic mass is 10.2. The van der Waals surface area contributed by atoms with Crippen molar-refractivity contribution < 1.29 is 26.7 Å². The molecule has 0 heterocycles. The Bertz CT molecular complexity index is 377. The fourth-order valence-electron chi connectivity index (χ4n) is 1.22. The molecule has 7 heteroatoms. The molecule has 1 aromatic rings. The number of alkyl halides is 5. The zero-order valence-electron chi connectivity index (χ0n) is 8.72. The van der Waals surface area contributed by atoms with Crippen LogP contribution in [0.2, 0.25) is 0 Å². The highest BCUT2D eigenvalue weighted by Crippen LogP contribution is 2.40. The van der Waals surface area contributed by atoms with E-state index < -0.39 is 24.8 Å². The van der Waals surface area contributed by atoms with E-state index in [0.29, 0.717) is 0 Å². The number of ether oxygens (including phenoxy) is 1. The first-order valence-electron chi connectivity index (χ1n) is 4.51. The molecule has 0 unspecified atom stereocenters. The van der Waals surface area contributed by atoms with Gasteiger partial charge in [0.15, 0.2) is 0 Å². The molecule has 0 fully saturated rings. The summed E-state index contributed by atoms with van der Waals surface area (Å²) in [6.07, 6.45) is -5.82. The summed E-state index contributed by atoms with van der Waals surface area (Å²) < 4.78 is 66.3. The third-order valence-electron chi connectivity index (χ3n) is 1.85. The van der Waals surface area contributed by atoms with E-state index in [1.165, 1.54) is 12.3 Å². The second-order valence-electron chi connectivity index (χ2n) is 3.04. The number of hydrogen-bond acceptors (Lipinski definition) is 2. The van der Waals surface area contributed by atoms with E-state index in [4.69, 9.17) is 0 Å². The molecular formula is C10H9F5OS. The van der Waals surface area contributed by atoms with Crippen molar-refractivity contribution in [1.29, 1.82) is 0 Å². The van der Waals surface area contributed by atoms with Crippen LogP contribution >= 0.6 is 11.8 Å². The van der Waals surface area contributed by atoms with E-state index in [1.807, 2.05) is 0 Å². The second-order valence-corrected chi connectivity index (χ2v) is 3.85. The lowest BCUT2D eigenvalue weighted by Gasteiger charge is -2.15. The van der Waals surface area contributed by atoms with Crippen LogP contribution in [0.3, 0.4) is 0 Å². The van der Waals surface area contributed by atoms with Gasteiger partial charge in [0.2, 0.25) is 0 Å². The number of benzene rings is 1. The van der Waals surface area contributed by atoms with Crippen LogP contribution in [0.15, 0.2) is 23.1 Å². The normalized spacial score (nSPS) is 11.9. The quantitative estimate of drug-likeness (QED) is 0.603. The molecule has 17 heavy (non-hydrogen) atoms. The maximum atomic E-state index is 12.6. The summed E-state index contributed by atoms with van der Waals surface area (Å²) in [7, 11) is 0. The molecule has 0 aliphatic rings. The molecule has 1 rings (SSSR count). The molecule has 0 bridgehead atoms. The van der Waals surface area contributed by atoms with Crippen LogP contribution < -0.4 is 4.74 Å². The molecule has 0 N–H and O–H groups in total. The first-order chi connectivity index (χ1) is 7.86. The van der Waals surface area contributed by atoms with Crippen molar-refractivity contribution in [3.8, 4) is 5.75 Å². The fraction of sp³-hybridized carbons (Fsp3) is 0.400. The molecule has 0 radical (unpaired) electrons. The Morgan fingerprint density at radius 2 is 1.94 bits per heavy atom. The van der Waals surface area contributed by atoms with Crippen molar-refractivity contribution in [1.82, 2.24) is 0 Å². The summed E-state index contributed by atoms with van der Waals surface area (Å²) >= 11 is 0.811. The second kappa shape index (κ2) is 5.57. The molecule has 1 aromatic carbocycles. The highest BCUT2D eigenvalue weighted by molar-refractivity contribution is 7.98. The highest BCUT2D eigenvalue weighted by Gasteiger charge is 2.34. The number of halogens is 5.